The number of nitrogens with two attached hydrogens (primary N) is 1. The summed E-state index contributed by atoms with van der Waals surface area (Å²) in [5, 5.41) is 9.19. The number of rotatable bonds is 6. The van der Waals surface area contributed by atoms with Crippen molar-refractivity contribution in [1.82, 2.24) is 9.97 Å². The molecule has 1 saturated heterocycles. The standard InChI is InChI=1S/C22H20Cl2FN5O/c1-12-4-5-30(12)21-3-2-13(8-29-21)22(27)14-6-20(18(25)7-19(14)26)31-11-15-16(23)9-28-10-17(15)24/h2-3,6-10,12,27H,4-5,11,26H2,1H3/t12-/m1/s1. The summed E-state index contributed by atoms with van der Waals surface area (Å²) in [6.07, 6.45) is 5.64. The van der Waals surface area contributed by atoms with E-state index in [1.807, 2.05) is 12.1 Å². The van der Waals surface area contributed by atoms with Crippen LogP contribution in [0.25, 0.3) is 0 Å². The third-order valence-corrected chi connectivity index (χ3v) is 6.00. The lowest BCUT2D eigenvalue weighted by Gasteiger charge is -2.39. The van der Waals surface area contributed by atoms with E-state index < -0.39 is 5.82 Å². The highest BCUT2D eigenvalue weighted by Gasteiger charge is 2.24. The summed E-state index contributed by atoms with van der Waals surface area (Å²) in [6, 6.07) is 6.70. The van der Waals surface area contributed by atoms with Crippen molar-refractivity contribution in [3.8, 4) is 5.75 Å². The summed E-state index contributed by atoms with van der Waals surface area (Å²) >= 11 is 12.2. The fourth-order valence-corrected chi connectivity index (χ4v) is 3.81. The maximum absolute atomic E-state index is 14.5. The van der Waals surface area contributed by atoms with Crippen molar-refractivity contribution in [1.29, 1.82) is 5.41 Å². The molecule has 0 saturated carbocycles. The highest BCUT2D eigenvalue weighted by atomic mass is 35.5. The minimum absolute atomic E-state index is 0.0575. The molecule has 1 atom stereocenters. The van der Waals surface area contributed by atoms with Crippen LogP contribution >= 0.6 is 23.2 Å². The van der Waals surface area contributed by atoms with Gasteiger partial charge in [-0.3, -0.25) is 10.4 Å². The highest BCUT2D eigenvalue weighted by Crippen LogP contribution is 2.30. The van der Waals surface area contributed by atoms with Crippen LogP contribution in [0.15, 0.2) is 42.9 Å². The Hall–Kier alpha value is -2.90. The first-order valence-electron chi connectivity index (χ1n) is 9.67. The van der Waals surface area contributed by atoms with E-state index in [2.05, 4.69) is 21.8 Å². The molecule has 4 rings (SSSR count). The molecular weight excluding hydrogens is 440 g/mol. The van der Waals surface area contributed by atoms with Gasteiger partial charge in [0.05, 0.1) is 15.8 Å². The Balaban J connectivity index is 1.56. The second-order valence-electron chi connectivity index (χ2n) is 7.35. The second-order valence-corrected chi connectivity index (χ2v) is 8.17. The molecule has 1 aromatic carbocycles. The second kappa shape index (κ2) is 8.69. The van der Waals surface area contributed by atoms with Crippen molar-refractivity contribution in [2.24, 2.45) is 0 Å². The van der Waals surface area contributed by atoms with E-state index in [4.69, 9.17) is 39.1 Å². The number of benzene rings is 1. The molecule has 9 heteroatoms. The number of nitrogen functional groups attached to an aromatic ring is 1. The van der Waals surface area contributed by atoms with Crippen LogP contribution in [0.3, 0.4) is 0 Å². The van der Waals surface area contributed by atoms with Crippen molar-refractivity contribution < 1.29 is 9.13 Å². The molecule has 0 amide bonds. The van der Waals surface area contributed by atoms with Gasteiger partial charge in [0.15, 0.2) is 11.6 Å². The summed E-state index contributed by atoms with van der Waals surface area (Å²) in [4.78, 5) is 10.5. The van der Waals surface area contributed by atoms with Gasteiger partial charge in [-0.15, -0.1) is 0 Å². The number of halogens is 3. The Labute approximate surface area is 189 Å². The summed E-state index contributed by atoms with van der Waals surface area (Å²) in [6.45, 7) is 3.06. The van der Waals surface area contributed by atoms with Crippen molar-refractivity contribution in [3.63, 3.8) is 0 Å². The van der Waals surface area contributed by atoms with Crippen LogP contribution in [0.4, 0.5) is 15.9 Å². The third-order valence-electron chi connectivity index (χ3n) is 5.35. The molecule has 1 aliphatic heterocycles. The summed E-state index contributed by atoms with van der Waals surface area (Å²) in [5.41, 5.74) is 7.66. The number of anilines is 2. The van der Waals surface area contributed by atoms with E-state index in [-0.39, 0.29) is 23.8 Å². The van der Waals surface area contributed by atoms with Crippen LogP contribution in [0.2, 0.25) is 10.0 Å². The average molecular weight is 460 g/mol. The van der Waals surface area contributed by atoms with Gasteiger partial charge in [-0.25, -0.2) is 9.37 Å². The molecule has 3 N–H and O–H groups in total. The fourth-order valence-electron chi connectivity index (χ4n) is 3.34. The summed E-state index contributed by atoms with van der Waals surface area (Å²) in [7, 11) is 0. The van der Waals surface area contributed by atoms with Crippen LogP contribution < -0.4 is 15.4 Å². The average Bonchev–Trinajstić information content (AvgIpc) is 2.73. The Morgan fingerprint density at radius 2 is 2.00 bits per heavy atom. The molecule has 1 fully saturated rings. The van der Waals surface area contributed by atoms with E-state index in [1.54, 1.807) is 6.20 Å². The molecule has 0 spiro atoms. The zero-order valence-corrected chi connectivity index (χ0v) is 18.2. The quantitative estimate of drug-likeness (QED) is 0.395. The topological polar surface area (TPSA) is 88.1 Å². The molecule has 0 aliphatic carbocycles. The van der Waals surface area contributed by atoms with Gasteiger partial charge in [0.1, 0.15) is 12.4 Å². The van der Waals surface area contributed by atoms with Gasteiger partial charge in [0.2, 0.25) is 0 Å². The Kier molecular flexibility index (Phi) is 5.98. The molecule has 3 aromatic rings. The Morgan fingerprint density at radius 3 is 2.58 bits per heavy atom. The SMILES string of the molecule is C[C@@H]1CCN1c1ccc(C(=N)c2cc(OCc3c(Cl)cncc3Cl)c(F)cc2N)cn1. The van der Waals surface area contributed by atoms with E-state index in [9.17, 15) is 4.39 Å². The predicted molar refractivity (Wildman–Crippen MR) is 121 cm³/mol. The lowest BCUT2D eigenvalue weighted by Crippen LogP contribution is -2.46. The van der Waals surface area contributed by atoms with Gasteiger partial charge in [0, 0.05) is 59.6 Å². The smallest absolute Gasteiger partial charge is 0.167 e. The summed E-state index contributed by atoms with van der Waals surface area (Å²) in [5.74, 6) is 0.171. The lowest BCUT2D eigenvalue weighted by molar-refractivity contribution is 0.290. The highest BCUT2D eigenvalue weighted by molar-refractivity contribution is 6.35. The molecular formula is C22H20Cl2FN5O. The van der Waals surface area contributed by atoms with Gasteiger partial charge in [-0.2, -0.15) is 0 Å². The van der Waals surface area contributed by atoms with E-state index in [0.717, 1.165) is 24.8 Å². The first kappa shape index (κ1) is 21.3. The molecule has 3 heterocycles. The molecule has 0 radical (unpaired) electrons. The number of hydrogen-bond acceptors (Lipinski definition) is 6. The zero-order chi connectivity index (χ0) is 22.1. The largest absolute Gasteiger partial charge is 0.486 e. The number of nitrogens with zero attached hydrogens (tertiary/aromatic N) is 3. The van der Waals surface area contributed by atoms with Crippen molar-refractivity contribution in [2.75, 3.05) is 17.2 Å². The van der Waals surface area contributed by atoms with Crippen molar-refractivity contribution >= 4 is 40.4 Å². The van der Waals surface area contributed by atoms with E-state index >= 15 is 0 Å². The zero-order valence-electron chi connectivity index (χ0n) is 16.7. The number of ether oxygens (including phenoxy) is 1. The Morgan fingerprint density at radius 1 is 1.26 bits per heavy atom. The van der Waals surface area contributed by atoms with Crippen molar-refractivity contribution in [3.05, 3.63) is 75.4 Å². The molecule has 0 bridgehead atoms. The molecule has 6 nitrogen and oxygen atoms in total. The summed E-state index contributed by atoms with van der Waals surface area (Å²) < 4.78 is 20.1. The molecule has 0 unspecified atom stereocenters. The van der Waals surface area contributed by atoms with Gasteiger partial charge >= 0.3 is 0 Å². The maximum Gasteiger partial charge on any atom is 0.167 e. The lowest BCUT2D eigenvalue weighted by atomic mass is 10.0. The third kappa shape index (κ3) is 4.29. The normalized spacial score (nSPS) is 15.5. The maximum atomic E-state index is 14.5. The van der Waals surface area contributed by atoms with Crippen molar-refractivity contribution in [2.45, 2.75) is 26.0 Å². The molecule has 31 heavy (non-hydrogen) atoms. The Bertz CT molecular complexity index is 1120. The number of nitrogens with one attached hydrogen (secondary N) is 1. The van der Waals surface area contributed by atoms with Crippen LogP contribution in [-0.2, 0) is 6.61 Å². The number of hydrogen-bond donors (Lipinski definition) is 2. The number of aromatic nitrogens is 2. The first-order valence-corrected chi connectivity index (χ1v) is 10.4. The van der Waals surface area contributed by atoms with E-state index in [1.165, 1.54) is 18.5 Å². The monoisotopic (exact) mass is 459 g/mol. The van der Waals surface area contributed by atoms with E-state index in [0.29, 0.717) is 32.8 Å². The molecule has 2 aromatic heterocycles. The predicted octanol–water partition coefficient (Wildman–Crippen LogP) is 5.10. The van der Waals surface area contributed by atoms with Crippen LogP contribution in [0.1, 0.15) is 30.0 Å². The fraction of sp³-hybridized carbons (Fsp3) is 0.227. The van der Waals surface area contributed by atoms with Gasteiger partial charge in [0.25, 0.3) is 0 Å². The van der Waals surface area contributed by atoms with Crippen LogP contribution in [0, 0.1) is 11.2 Å². The van der Waals surface area contributed by atoms with Crippen LogP contribution in [-0.4, -0.2) is 28.3 Å². The van der Waals surface area contributed by atoms with Crippen LogP contribution in [0.5, 0.6) is 5.75 Å². The minimum Gasteiger partial charge on any atom is -0.486 e. The minimum atomic E-state index is -0.643. The molecule has 1 aliphatic rings. The van der Waals surface area contributed by atoms with Gasteiger partial charge < -0.3 is 15.4 Å². The number of pyridine rings is 2. The molecule has 160 valence electrons. The van der Waals surface area contributed by atoms with Gasteiger partial charge in [-0.05, 0) is 31.5 Å². The van der Waals surface area contributed by atoms with Gasteiger partial charge in [-0.1, -0.05) is 23.2 Å². The first-order chi connectivity index (χ1) is 14.8.